The topological polar surface area (TPSA) is 95.2 Å². The Hall–Kier alpha value is -2.71. The molecule has 1 aliphatic rings. The van der Waals surface area contributed by atoms with Crippen LogP contribution in [0.25, 0.3) is 10.9 Å². The molecule has 146 valence electrons. The van der Waals surface area contributed by atoms with Crippen molar-refractivity contribution in [3.63, 3.8) is 0 Å². The molecule has 28 heavy (non-hydrogen) atoms. The van der Waals surface area contributed by atoms with Crippen LogP contribution in [0.15, 0.2) is 47.4 Å². The molecule has 3 aromatic rings. The highest BCUT2D eigenvalue weighted by Gasteiger charge is 2.27. The number of fused-ring (bicyclic) bond motifs is 1. The lowest BCUT2D eigenvalue weighted by atomic mass is 10.2. The maximum atomic E-state index is 13.0. The second-order valence-electron chi connectivity index (χ2n) is 7.02. The molecule has 2 N–H and O–H groups in total. The van der Waals surface area contributed by atoms with Crippen LogP contribution in [-0.2, 0) is 10.0 Å². The molecule has 1 aliphatic heterocycles. The summed E-state index contributed by atoms with van der Waals surface area (Å²) >= 11 is 0. The highest BCUT2D eigenvalue weighted by atomic mass is 32.2. The number of aryl methyl sites for hydroxylation is 1. The van der Waals surface area contributed by atoms with Gasteiger partial charge in [0, 0.05) is 24.2 Å². The fraction of sp³-hybridized carbons (Fsp3) is 0.300. The number of para-hydroxylation sites is 1. The van der Waals surface area contributed by atoms with E-state index in [0.29, 0.717) is 29.7 Å². The summed E-state index contributed by atoms with van der Waals surface area (Å²) in [5, 5.41) is 10.4. The van der Waals surface area contributed by atoms with Gasteiger partial charge in [-0.05, 0) is 43.5 Å². The molecule has 4 rings (SSSR count). The number of nitrogens with one attached hydrogen (secondary N) is 2. The third-order valence-corrected chi connectivity index (χ3v) is 7.10. The SMILES string of the molecule is Cc1ccc(NC(=O)c2n[nH]c3ccccc23)cc1S(=O)(=O)N1CCCCC1. The number of benzene rings is 2. The van der Waals surface area contributed by atoms with E-state index in [1.165, 1.54) is 10.4 Å². The summed E-state index contributed by atoms with van der Waals surface area (Å²) in [6.07, 6.45) is 2.81. The Morgan fingerprint density at radius 2 is 1.86 bits per heavy atom. The number of hydrogen-bond donors (Lipinski definition) is 2. The van der Waals surface area contributed by atoms with Crippen LogP contribution >= 0.6 is 0 Å². The average molecular weight is 398 g/mol. The van der Waals surface area contributed by atoms with Crippen molar-refractivity contribution in [1.29, 1.82) is 0 Å². The van der Waals surface area contributed by atoms with Crippen LogP contribution in [0, 0.1) is 6.92 Å². The Morgan fingerprint density at radius 1 is 1.11 bits per heavy atom. The van der Waals surface area contributed by atoms with Crippen molar-refractivity contribution in [2.24, 2.45) is 0 Å². The number of rotatable bonds is 4. The number of nitrogens with zero attached hydrogens (tertiary/aromatic N) is 2. The number of piperidine rings is 1. The van der Waals surface area contributed by atoms with Gasteiger partial charge in [0.05, 0.1) is 10.4 Å². The fourth-order valence-corrected chi connectivity index (χ4v) is 5.29. The molecule has 0 unspecified atom stereocenters. The number of anilines is 1. The van der Waals surface area contributed by atoms with Gasteiger partial charge in [-0.15, -0.1) is 0 Å². The lowest BCUT2D eigenvalue weighted by Crippen LogP contribution is -2.36. The number of aromatic amines is 1. The second-order valence-corrected chi connectivity index (χ2v) is 8.92. The van der Waals surface area contributed by atoms with Crippen LogP contribution in [0.4, 0.5) is 5.69 Å². The Bertz CT molecular complexity index is 1130. The molecule has 7 nitrogen and oxygen atoms in total. The summed E-state index contributed by atoms with van der Waals surface area (Å²) in [5.74, 6) is -0.386. The summed E-state index contributed by atoms with van der Waals surface area (Å²) < 4.78 is 27.6. The van der Waals surface area contributed by atoms with E-state index in [4.69, 9.17) is 0 Å². The minimum Gasteiger partial charge on any atom is -0.321 e. The summed E-state index contributed by atoms with van der Waals surface area (Å²) in [7, 11) is -3.58. The maximum absolute atomic E-state index is 13.0. The lowest BCUT2D eigenvalue weighted by Gasteiger charge is -2.26. The molecule has 1 saturated heterocycles. The van der Waals surface area contributed by atoms with Crippen LogP contribution in [-0.4, -0.2) is 41.9 Å². The van der Waals surface area contributed by atoms with Crippen LogP contribution < -0.4 is 5.32 Å². The number of carbonyl (C=O) groups is 1. The van der Waals surface area contributed by atoms with Crippen LogP contribution in [0.2, 0.25) is 0 Å². The van der Waals surface area contributed by atoms with Gasteiger partial charge < -0.3 is 5.32 Å². The molecular weight excluding hydrogens is 376 g/mol. The number of sulfonamides is 1. The van der Waals surface area contributed by atoms with E-state index >= 15 is 0 Å². The number of H-pyrrole nitrogens is 1. The van der Waals surface area contributed by atoms with Crippen molar-refractivity contribution in [3.05, 3.63) is 53.7 Å². The lowest BCUT2D eigenvalue weighted by molar-refractivity contribution is 0.102. The fourth-order valence-electron chi connectivity index (χ4n) is 3.53. The first-order valence-corrected chi connectivity index (χ1v) is 10.8. The molecule has 8 heteroatoms. The molecule has 0 aliphatic carbocycles. The van der Waals surface area contributed by atoms with E-state index < -0.39 is 10.0 Å². The number of hydrogen-bond acceptors (Lipinski definition) is 4. The zero-order valence-electron chi connectivity index (χ0n) is 15.6. The molecule has 0 atom stereocenters. The van der Waals surface area contributed by atoms with Gasteiger partial charge in [-0.25, -0.2) is 8.42 Å². The average Bonchev–Trinajstić information content (AvgIpc) is 3.14. The normalized spacial score (nSPS) is 15.6. The standard InChI is InChI=1S/C20H22N4O3S/c1-14-9-10-15(13-18(14)28(26,27)24-11-5-2-6-12-24)21-20(25)19-16-7-3-4-8-17(16)22-23-19/h3-4,7-10,13H,2,5-6,11-12H2,1H3,(H,21,25)(H,22,23). The van der Waals surface area contributed by atoms with E-state index in [9.17, 15) is 13.2 Å². The molecule has 0 saturated carbocycles. The van der Waals surface area contributed by atoms with E-state index in [1.807, 2.05) is 24.3 Å². The van der Waals surface area contributed by atoms with E-state index in [2.05, 4.69) is 15.5 Å². The minimum atomic E-state index is -3.58. The molecule has 1 fully saturated rings. The van der Waals surface area contributed by atoms with Crippen LogP contribution in [0.1, 0.15) is 35.3 Å². The van der Waals surface area contributed by atoms with Crippen molar-refractivity contribution in [1.82, 2.24) is 14.5 Å². The number of aromatic nitrogens is 2. The molecule has 0 spiro atoms. The van der Waals surface area contributed by atoms with E-state index in [-0.39, 0.29) is 16.5 Å². The zero-order valence-corrected chi connectivity index (χ0v) is 16.4. The summed E-state index contributed by atoms with van der Waals surface area (Å²) in [6, 6.07) is 12.3. The first-order valence-electron chi connectivity index (χ1n) is 9.32. The van der Waals surface area contributed by atoms with Crippen molar-refractivity contribution in [2.45, 2.75) is 31.1 Å². The molecule has 0 bridgehead atoms. The summed E-state index contributed by atoms with van der Waals surface area (Å²) in [6.45, 7) is 2.85. The van der Waals surface area contributed by atoms with Crippen LogP contribution in [0.5, 0.6) is 0 Å². The van der Waals surface area contributed by atoms with Crippen molar-refractivity contribution in [2.75, 3.05) is 18.4 Å². The molecule has 2 aromatic carbocycles. The van der Waals surface area contributed by atoms with Gasteiger partial charge in [0.15, 0.2) is 5.69 Å². The second kappa shape index (κ2) is 7.37. The van der Waals surface area contributed by atoms with Gasteiger partial charge in [-0.1, -0.05) is 30.7 Å². The van der Waals surface area contributed by atoms with Gasteiger partial charge in [-0.3, -0.25) is 9.89 Å². The smallest absolute Gasteiger partial charge is 0.276 e. The molecular formula is C20H22N4O3S. The first kappa shape index (κ1) is 18.6. The Balaban J connectivity index is 1.63. The maximum Gasteiger partial charge on any atom is 0.276 e. The number of amides is 1. The predicted molar refractivity (Wildman–Crippen MR) is 108 cm³/mol. The minimum absolute atomic E-state index is 0.235. The van der Waals surface area contributed by atoms with Crippen molar-refractivity contribution >= 4 is 32.5 Å². The molecule has 1 amide bonds. The Labute approximate surface area is 163 Å². The van der Waals surface area contributed by atoms with E-state index in [0.717, 1.165) is 24.8 Å². The monoisotopic (exact) mass is 398 g/mol. The molecule has 1 aromatic heterocycles. The summed E-state index contributed by atoms with van der Waals surface area (Å²) in [4.78, 5) is 12.9. The van der Waals surface area contributed by atoms with Crippen LogP contribution in [0.3, 0.4) is 0 Å². The Kier molecular flexibility index (Phi) is 4.91. The van der Waals surface area contributed by atoms with Gasteiger partial charge in [0.25, 0.3) is 5.91 Å². The zero-order chi connectivity index (χ0) is 19.7. The third-order valence-electron chi connectivity index (χ3n) is 5.06. The van der Waals surface area contributed by atoms with Crippen molar-refractivity contribution < 1.29 is 13.2 Å². The number of carbonyl (C=O) groups excluding carboxylic acids is 1. The highest BCUT2D eigenvalue weighted by Crippen LogP contribution is 2.26. The van der Waals surface area contributed by atoms with Gasteiger partial charge in [-0.2, -0.15) is 9.40 Å². The quantitative estimate of drug-likeness (QED) is 0.705. The highest BCUT2D eigenvalue weighted by molar-refractivity contribution is 7.89. The van der Waals surface area contributed by atoms with Crippen molar-refractivity contribution in [3.8, 4) is 0 Å². The van der Waals surface area contributed by atoms with E-state index in [1.54, 1.807) is 19.1 Å². The van der Waals surface area contributed by atoms with Gasteiger partial charge >= 0.3 is 0 Å². The molecule has 2 heterocycles. The molecule has 0 radical (unpaired) electrons. The van der Waals surface area contributed by atoms with Gasteiger partial charge in [0.2, 0.25) is 10.0 Å². The first-order chi connectivity index (χ1) is 13.5. The predicted octanol–water partition coefficient (Wildman–Crippen LogP) is 3.30. The summed E-state index contributed by atoms with van der Waals surface area (Å²) in [5.41, 5.74) is 2.13. The van der Waals surface area contributed by atoms with Gasteiger partial charge in [0.1, 0.15) is 0 Å². The third kappa shape index (κ3) is 3.41. The largest absolute Gasteiger partial charge is 0.321 e. The Morgan fingerprint density at radius 3 is 2.64 bits per heavy atom.